The quantitative estimate of drug-likeness (QED) is 0.367. The molecule has 1 saturated carbocycles. The van der Waals surface area contributed by atoms with E-state index in [2.05, 4.69) is 44.4 Å². The van der Waals surface area contributed by atoms with Crippen LogP contribution in [0.1, 0.15) is 12.8 Å². The van der Waals surface area contributed by atoms with E-state index in [0.29, 0.717) is 45.1 Å². The molecule has 0 saturated heterocycles. The van der Waals surface area contributed by atoms with Gasteiger partial charge in [0.05, 0.1) is 27.8 Å². The minimum Gasteiger partial charge on any atom is -0.488 e. The minimum atomic E-state index is -0.383. The summed E-state index contributed by atoms with van der Waals surface area (Å²) in [5.41, 5.74) is 3.31. The SMILES string of the molecule is CN(C)C1CCC1Oc1cc(-c2ccn(C)n2)cc2ncnc(Nc3ccc4ncccc4c3F)c12. The zero-order valence-electron chi connectivity index (χ0n) is 20.3. The fraction of sp³-hybridized carbons (Fsp3) is 0.259. The van der Waals surface area contributed by atoms with Gasteiger partial charge in [-0.3, -0.25) is 9.67 Å². The normalized spacial score (nSPS) is 17.5. The largest absolute Gasteiger partial charge is 0.488 e. The van der Waals surface area contributed by atoms with Crippen molar-refractivity contribution in [2.75, 3.05) is 19.4 Å². The number of hydrogen-bond acceptors (Lipinski definition) is 7. The summed E-state index contributed by atoms with van der Waals surface area (Å²) in [6, 6.07) is 13.1. The second-order valence-electron chi connectivity index (χ2n) is 9.35. The Morgan fingerprint density at radius 3 is 2.69 bits per heavy atom. The molecule has 3 heterocycles. The molecule has 36 heavy (non-hydrogen) atoms. The van der Waals surface area contributed by atoms with Gasteiger partial charge in [0.25, 0.3) is 0 Å². The van der Waals surface area contributed by atoms with Crippen LogP contribution in [0.4, 0.5) is 15.9 Å². The van der Waals surface area contributed by atoms with E-state index in [1.807, 2.05) is 31.4 Å². The average molecular weight is 484 g/mol. The summed E-state index contributed by atoms with van der Waals surface area (Å²) >= 11 is 0. The minimum absolute atomic E-state index is 0.0405. The lowest BCUT2D eigenvalue weighted by Gasteiger charge is -2.41. The fourth-order valence-electron chi connectivity index (χ4n) is 4.74. The molecular weight excluding hydrogens is 457 g/mol. The Labute approximate surface area is 207 Å². The second-order valence-corrected chi connectivity index (χ2v) is 9.35. The molecule has 0 spiro atoms. The van der Waals surface area contributed by atoms with Crippen LogP contribution in [0.15, 0.2) is 61.2 Å². The van der Waals surface area contributed by atoms with Crippen molar-refractivity contribution in [1.82, 2.24) is 29.6 Å². The number of pyridine rings is 1. The lowest BCUT2D eigenvalue weighted by atomic mass is 9.88. The maximum Gasteiger partial charge on any atom is 0.156 e. The number of nitrogens with zero attached hydrogens (tertiary/aromatic N) is 6. The van der Waals surface area contributed by atoms with Crippen LogP contribution in [0.3, 0.4) is 0 Å². The molecule has 3 aromatic heterocycles. The molecule has 1 aliphatic rings. The van der Waals surface area contributed by atoms with Gasteiger partial charge in [-0.15, -0.1) is 0 Å². The third-order valence-electron chi connectivity index (χ3n) is 6.80. The Morgan fingerprint density at radius 1 is 1.06 bits per heavy atom. The van der Waals surface area contributed by atoms with Gasteiger partial charge < -0.3 is 15.0 Å². The molecule has 2 atom stereocenters. The molecule has 1 N–H and O–H groups in total. The van der Waals surface area contributed by atoms with E-state index in [1.54, 1.807) is 35.1 Å². The van der Waals surface area contributed by atoms with Crippen LogP contribution in [-0.2, 0) is 7.05 Å². The second kappa shape index (κ2) is 8.83. The maximum atomic E-state index is 15.4. The van der Waals surface area contributed by atoms with E-state index in [0.717, 1.165) is 24.1 Å². The molecule has 9 heteroatoms. The molecule has 2 aromatic carbocycles. The predicted octanol–water partition coefficient (Wildman–Crippen LogP) is 4.93. The van der Waals surface area contributed by atoms with Gasteiger partial charge in [0, 0.05) is 36.4 Å². The van der Waals surface area contributed by atoms with Gasteiger partial charge in [-0.25, -0.2) is 14.4 Å². The van der Waals surface area contributed by atoms with Crippen molar-refractivity contribution >= 4 is 33.3 Å². The van der Waals surface area contributed by atoms with Gasteiger partial charge in [-0.2, -0.15) is 5.10 Å². The Hall–Kier alpha value is -4.11. The van der Waals surface area contributed by atoms with Gasteiger partial charge in [-0.1, -0.05) is 0 Å². The molecule has 0 aliphatic heterocycles. The first kappa shape index (κ1) is 22.4. The van der Waals surface area contributed by atoms with Gasteiger partial charge in [0.15, 0.2) is 5.82 Å². The highest BCUT2D eigenvalue weighted by molar-refractivity contribution is 5.99. The number of ether oxygens (including phenoxy) is 1. The highest BCUT2D eigenvalue weighted by Crippen LogP contribution is 2.39. The Balaban J connectivity index is 1.47. The van der Waals surface area contributed by atoms with Crippen molar-refractivity contribution in [3.05, 3.63) is 67.0 Å². The van der Waals surface area contributed by atoms with Crippen molar-refractivity contribution in [2.24, 2.45) is 7.05 Å². The summed E-state index contributed by atoms with van der Waals surface area (Å²) in [5, 5.41) is 8.89. The average Bonchev–Trinajstić information content (AvgIpc) is 3.29. The predicted molar refractivity (Wildman–Crippen MR) is 138 cm³/mol. The number of rotatable bonds is 6. The summed E-state index contributed by atoms with van der Waals surface area (Å²) in [6.45, 7) is 0. The molecular formula is C27H26FN7O. The van der Waals surface area contributed by atoms with E-state index in [4.69, 9.17) is 4.74 Å². The number of benzene rings is 2. The van der Waals surface area contributed by atoms with E-state index >= 15 is 4.39 Å². The number of aromatic nitrogens is 5. The molecule has 0 amide bonds. The molecule has 8 nitrogen and oxygen atoms in total. The molecule has 0 bridgehead atoms. The van der Waals surface area contributed by atoms with Crippen LogP contribution >= 0.6 is 0 Å². The smallest absolute Gasteiger partial charge is 0.156 e. The first-order valence-corrected chi connectivity index (χ1v) is 11.9. The van der Waals surface area contributed by atoms with E-state index in [1.165, 1.54) is 6.33 Å². The molecule has 0 radical (unpaired) electrons. The van der Waals surface area contributed by atoms with Crippen LogP contribution in [0.25, 0.3) is 33.1 Å². The number of hydrogen-bond donors (Lipinski definition) is 1. The van der Waals surface area contributed by atoms with Crippen molar-refractivity contribution in [2.45, 2.75) is 25.0 Å². The lowest BCUT2D eigenvalue weighted by Crippen LogP contribution is -2.50. The van der Waals surface area contributed by atoms with Gasteiger partial charge in [0.2, 0.25) is 0 Å². The van der Waals surface area contributed by atoms with Crippen LogP contribution < -0.4 is 10.1 Å². The van der Waals surface area contributed by atoms with Crippen molar-refractivity contribution in [1.29, 1.82) is 0 Å². The summed E-state index contributed by atoms with van der Waals surface area (Å²) in [6.07, 6.45) is 7.10. The van der Waals surface area contributed by atoms with E-state index in [-0.39, 0.29) is 11.9 Å². The number of likely N-dealkylation sites (N-methyl/N-ethyl adjacent to an activating group) is 1. The Kier molecular flexibility index (Phi) is 5.49. The van der Waals surface area contributed by atoms with E-state index < -0.39 is 0 Å². The monoisotopic (exact) mass is 483 g/mol. The van der Waals surface area contributed by atoms with Gasteiger partial charge in [-0.05, 0) is 69.4 Å². The Bertz CT molecular complexity index is 1580. The maximum absolute atomic E-state index is 15.4. The molecule has 2 unspecified atom stereocenters. The summed E-state index contributed by atoms with van der Waals surface area (Å²) in [5.74, 6) is 0.743. The number of anilines is 2. The van der Waals surface area contributed by atoms with Crippen molar-refractivity contribution in [3.8, 4) is 17.0 Å². The zero-order valence-corrected chi connectivity index (χ0v) is 20.3. The highest BCUT2D eigenvalue weighted by atomic mass is 19.1. The summed E-state index contributed by atoms with van der Waals surface area (Å²) in [4.78, 5) is 15.4. The molecule has 5 aromatic rings. The topological polar surface area (TPSA) is 81.0 Å². The van der Waals surface area contributed by atoms with Gasteiger partial charge in [0.1, 0.15) is 24.0 Å². The number of halogens is 1. The molecule has 1 aliphatic carbocycles. The van der Waals surface area contributed by atoms with Crippen LogP contribution in [0.2, 0.25) is 0 Å². The first-order valence-electron chi connectivity index (χ1n) is 11.9. The van der Waals surface area contributed by atoms with Crippen LogP contribution in [0.5, 0.6) is 5.75 Å². The highest BCUT2D eigenvalue weighted by Gasteiger charge is 2.35. The van der Waals surface area contributed by atoms with Crippen LogP contribution in [-0.4, -0.2) is 55.9 Å². The molecule has 6 rings (SSSR count). The number of fused-ring (bicyclic) bond motifs is 2. The van der Waals surface area contributed by atoms with Crippen molar-refractivity contribution < 1.29 is 9.13 Å². The first-order chi connectivity index (χ1) is 17.5. The fourth-order valence-corrected chi connectivity index (χ4v) is 4.74. The summed E-state index contributed by atoms with van der Waals surface area (Å²) < 4.78 is 23.7. The Morgan fingerprint density at radius 2 is 1.94 bits per heavy atom. The zero-order chi connectivity index (χ0) is 24.8. The third-order valence-corrected chi connectivity index (χ3v) is 6.80. The third kappa shape index (κ3) is 3.91. The molecule has 1 fully saturated rings. The standard InChI is InChI=1S/C27H26FN7O/c1-34(2)22-8-9-23(22)36-24-14-16(18-10-12-35(3)33-18)13-21-25(24)27(31-15-30-21)32-20-7-6-19-17(26(20)28)5-4-11-29-19/h4-7,10-15,22-23H,8-9H2,1-3H3,(H,30,31,32). The summed E-state index contributed by atoms with van der Waals surface area (Å²) in [7, 11) is 6.02. The van der Waals surface area contributed by atoms with Crippen molar-refractivity contribution in [3.63, 3.8) is 0 Å². The van der Waals surface area contributed by atoms with Gasteiger partial charge >= 0.3 is 0 Å². The van der Waals surface area contributed by atoms with E-state index in [9.17, 15) is 0 Å². The number of aryl methyl sites for hydroxylation is 1. The molecule has 182 valence electrons. The van der Waals surface area contributed by atoms with Crippen LogP contribution in [0, 0.1) is 5.82 Å². The number of nitrogens with one attached hydrogen (secondary N) is 1. The lowest BCUT2D eigenvalue weighted by molar-refractivity contribution is 0.0206.